The largest absolute Gasteiger partial charge is 0.491 e. The number of hydrogen-bond donors (Lipinski definition) is 5. The molecule has 0 radical (unpaired) electrons. The minimum atomic E-state index is -3.33. The minimum Gasteiger partial charge on any atom is -0.491 e. The molecule has 1 aliphatic rings. The van der Waals surface area contributed by atoms with Gasteiger partial charge in [-0.05, 0) is 36.5 Å². The van der Waals surface area contributed by atoms with E-state index in [2.05, 4.69) is 36.0 Å². The molecule has 0 aliphatic carbocycles. The van der Waals surface area contributed by atoms with E-state index >= 15 is 0 Å². The van der Waals surface area contributed by atoms with Crippen LogP contribution < -0.4 is 14.8 Å². The summed E-state index contributed by atoms with van der Waals surface area (Å²) in [6, 6.07) is 13.7. The van der Waals surface area contributed by atoms with Crippen LogP contribution in [0.3, 0.4) is 0 Å². The number of fused-ring (bicyclic) bond motifs is 1. The molecule has 3 rings (SSSR count). The molecule has 0 bridgehead atoms. The highest BCUT2D eigenvalue weighted by molar-refractivity contribution is 8.22. The average molecular weight is 477 g/mol. The van der Waals surface area contributed by atoms with Gasteiger partial charge in [-0.1, -0.05) is 57.0 Å². The summed E-state index contributed by atoms with van der Waals surface area (Å²) in [5.74, 6) is -0.586. The molecule has 2 aromatic rings. The first-order valence-corrected chi connectivity index (χ1v) is 13.1. The molecule has 0 fully saturated rings. The normalized spacial score (nSPS) is 22.6. The highest BCUT2D eigenvalue weighted by Crippen LogP contribution is 2.57. The Kier molecular flexibility index (Phi) is 8.28. The van der Waals surface area contributed by atoms with E-state index in [1.165, 1.54) is 0 Å². The zero-order valence-electron chi connectivity index (χ0n) is 19.6. The highest BCUT2D eigenvalue weighted by Gasteiger charge is 2.42. The Morgan fingerprint density at radius 2 is 1.97 bits per heavy atom. The smallest absolute Gasteiger partial charge is 0.306 e. The molecule has 1 aliphatic heterocycles. The number of anilines is 1. The molecule has 2 unspecified atom stereocenters. The Labute approximate surface area is 198 Å². The van der Waals surface area contributed by atoms with Gasteiger partial charge in [-0.25, -0.2) is 4.72 Å². The fraction of sp³-hybridized carbons (Fsp3) is 0.480. The maximum Gasteiger partial charge on any atom is 0.306 e. The third-order valence-corrected chi connectivity index (χ3v) is 8.16. The van der Waals surface area contributed by atoms with E-state index in [0.29, 0.717) is 16.3 Å². The molecular weight excluding hydrogens is 440 g/mol. The van der Waals surface area contributed by atoms with Crippen LogP contribution in [0.2, 0.25) is 0 Å². The fourth-order valence-electron chi connectivity index (χ4n) is 4.60. The second kappa shape index (κ2) is 10.8. The number of hydrogen-bond acceptors (Lipinski definition) is 6. The van der Waals surface area contributed by atoms with Gasteiger partial charge in [0.05, 0.1) is 23.6 Å². The molecule has 5 N–H and O–H groups in total. The van der Waals surface area contributed by atoms with Gasteiger partial charge in [0.2, 0.25) is 0 Å². The number of aliphatic carboxylic acids is 1. The van der Waals surface area contributed by atoms with Gasteiger partial charge in [-0.2, -0.15) is 0 Å². The molecule has 2 aromatic carbocycles. The van der Waals surface area contributed by atoms with Crippen molar-refractivity contribution in [2.45, 2.75) is 68.7 Å². The van der Waals surface area contributed by atoms with Crippen molar-refractivity contribution in [3.8, 4) is 5.75 Å². The van der Waals surface area contributed by atoms with E-state index in [9.17, 15) is 13.9 Å². The lowest BCUT2D eigenvalue weighted by atomic mass is 9.76. The van der Waals surface area contributed by atoms with Crippen molar-refractivity contribution in [1.82, 2.24) is 4.72 Å². The zero-order chi connectivity index (χ0) is 24.1. The van der Waals surface area contributed by atoms with E-state index in [4.69, 9.17) is 9.84 Å². The molecule has 0 amide bonds. The van der Waals surface area contributed by atoms with Crippen LogP contribution in [0.4, 0.5) is 5.69 Å². The molecule has 1 heterocycles. The number of carbonyl (C=O) groups is 1. The highest BCUT2D eigenvalue weighted by atomic mass is 32.3. The number of carboxylic acids is 1. The lowest BCUT2D eigenvalue weighted by Gasteiger charge is -2.43. The van der Waals surface area contributed by atoms with Crippen LogP contribution in [0.5, 0.6) is 5.75 Å². The Bertz CT molecular complexity index is 953. The van der Waals surface area contributed by atoms with Crippen molar-refractivity contribution in [2.24, 2.45) is 0 Å². The van der Waals surface area contributed by atoms with Gasteiger partial charge in [0.1, 0.15) is 5.75 Å². The third kappa shape index (κ3) is 5.81. The quantitative estimate of drug-likeness (QED) is 0.283. The predicted molar refractivity (Wildman–Crippen MR) is 133 cm³/mol. The second-order valence-electron chi connectivity index (χ2n) is 8.68. The van der Waals surface area contributed by atoms with Crippen LogP contribution in [0.1, 0.15) is 69.4 Å². The van der Waals surface area contributed by atoms with Crippen LogP contribution in [0.15, 0.2) is 47.4 Å². The lowest BCUT2D eigenvalue weighted by Crippen LogP contribution is -2.45. The number of unbranched alkanes of at least 4 members (excludes halogenated alkanes) is 1. The van der Waals surface area contributed by atoms with Crippen molar-refractivity contribution in [3.63, 3.8) is 0 Å². The maximum atomic E-state index is 11.4. The lowest BCUT2D eigenvalue weighted by molar-refractivity contribution is -0.137. The first-order valence-electron chi connectivity index (χ1n) is 11.6. The molecule has 8 heteroatoms. The summed E-state index contributed by atoms with van der Waals surface area (Å²) in [7, 11) is -1.56. The van der Waals surface area contributed by atoms with Crippen LogP contribution in [-0.2, 0) is 4.79 Å². The maximum absolute atomic E-state index is 11.4. The fourth-order valence-corrected chi connectivity index (χ4v) is 6.45. The van der Waals surface area contributed by atoms with Gasteiger partial charge < -0.3 is 15.2 Å². The Morgan fingerprint density at radius 3 is 2.58 bits per heavy atom. The number of carboxylic acid groups (broad SMARTS) is 1. The SMILES string of the molecule is CCCCC1(CC)CC(c2ccccc2)c2cc(NC)c(OCCC(=O)O)cc2S(O)(O)N1. The van der Waals surface area contributed by atoms with Crippen molar-refractivity contribution in [2.75, 3.05) is 19.0 Å². The van der Waals surface area contributed by atoms with E-state index in [1.54, 1.807) is 13.1 Å². The molecule has 7 nitrogen and oxygen atoms in total. The zero-order valence-corrected chi connectivity index (χ0v) is 20.5. The monoisotopic (exact) mass is 476 g/mol. The van der Waals surface area contributed by atoms with Crippen molar-refractivity contribution in [3.05, 3.63) is 53.6 Å². The first kappa shape index (κ1) is 25.4. The van der Waals surface area contributed by atoms with Gasteiger partial charge in [0.15, 0.2) is 0 Å². The van der Waals surface area contributed by atoms with Crippen LogP contribution in [-0.4, -0.2) is 39.4 Å². The Hall–Kier alpha value is -2.26. The van der Waals surface area contributed by atoms with Crippen LogP contribution >= 0.6 is 10.8 Å². The number of ether oxygens (including phenoxy) is 1. The molecule has 0 saturated carbocycles. The standard InChI is InChI=1S/C25H36N2O5S/c1-4-6-13-25(5-2)17-20(18-10-8-7-9-11-18)19-15-21(26-3)22(32-14-12-24(28)29)16-23(19)33(30,31)27-25/h7-11,15-16,20,26-27,30-31H,4-6,12-14,17H2,1-3H3,(H,28,29). The van der Waals surface area contributed by atoms with E-state index in [1.807, 2.05) is 24.3 Å². The number of nitrogens with one attached hydrogen (secondary N) is 2. The predicted octanol–water partition coefficient (Wildman–Crippen LogP) is 6.07. The molecule has 0 spiro atoms. The van der Waals surface area contributed by atoms with Gasteiger partial charge in [-0.15, -0.1) is 10.8 Å². The van der Waals surface area contributed by atoms with Gasteiger partial charge in [-0.3, -0.25) is 13.9 Å². The van der Waals surface area contributed by atoms with Crippen molar-refractivity contribution >= 4 is 22.4 Å². The van der Waals surface area contributed by atoms with Gasteiger partial charge in [0.25, 0.3) is 0 Å². The summed E-state index contributed by atoms with van der Waals surface area (Å²) < 4.78 is 31.8. The van der Waals surface area contributed by atoms with E-state index in [0.717, 1.165) is 43.2 Å². The molecule has 182 valence electrons. The van der Waals surface area contributed by atoms with E-state index < -0.39 is 22.3 Å². The first-order chi connectivity index (χ1) is 15.7. The summed E-state index contributed by atoms with van der Waals surface area (Å²) in [5, 5.41) is 12.1. The molecular formula is C25H36N2O5S. The van der Waals surface area contributed by atoms with E-state index in [-0.39, 0.29) is 18.9 Å². The van der Waals surface area contributed by atoms with Crippen molar-refractivity contribution < 1.29 is 23.7 Å². The van der Waals surface area contributed by atoms with Crippen molar-refractivity contribution in [1.29, 1.82) is 0 Å². The summed E-state index contributed by atoms with van der Waals surface area (Å²) in [6.07, 6.45) is 4.21. The molecule has 33 heavy (non-hydrogen) atoms. The number of rotatable bonds is 10. The summed E-state index contributed by atoms with van der Waals surface area (Å²) >= 11 is 0. The summed E-state index contributed by atoms with van der Waals surface area (Å²) in [5.41, 5.74) is 2.22. The number of benzene rings is 2. The van der Waals surface area contributed by atoms with Crippen LogP contribution in [0.25, 0.3) is 0 Å². The molecule has 0 saturated heterocycles. The Morgan fingerprint density at radius 1 is 1.24 bits per heavy atom. The molecule has 0 aromatic heterocycles. The summed E-state index contributed by atoms with van der Waals surface area (Å²) in [6.45, 7) is 4.23. The Balaban J connectivity index is 2.16. The second-order valence-corrected chi connectivity index (χ2v) is 10.4. The summed E-state index contributed by atoms with van der Waals surface area (Å²) in [4.78, 5) is 11.3. The third-order valence-electron chi connectivity index (χ3n) is 6.48. The minimum absolute atomic E-state index is 0.00701. The molecule has 2 atom stereocenters. The van der Waals surface area contributed by atoms with Crippen LogP contribution in [0, 0.1) is 0 Å². The van der Waals surface area contributed by atoms with Gasteiger partial charge in [0, 0.05) is 24.6 Å². The topological polar surface area (TPSA) is 111 Å². The average Bonchev–Trinajstić information content (AvgIpc) is 2.90. The van der Waals surface area contributed by atoms with Gasteiger partial charge >= 0.3 is 5.97 Å².